The highest BCUT2D eigenvalue weighted by Crippen LogP contribution is 2.13. The van der Waals surface area contributed by atoms with Crippen LogP contribution in [0.4, 0.5) is 0 Å². The van der Waals surface area contributed by atoms with Gasteiger partial charge in [0.05, 0.1) is 0 Å². The molecule has 0 fully saturated rings. The second-order valence-electron chi connectivity index (χ2n) is 2.85. The van der Waals surface area contributed by atoms with E-state index < -0.39 is 0 Å². The first-order chi connectivity index (χ1) is 7.18. The lowest BCUT2D eigenvalue weighted by Crippen LogP contribution is -1.61. The summed E-state index contributed by atoms with van der Waals surface area (Å²) in [5.41, 5.74) is 0. The third-order valence-electron chi connectivity index (χ3n) is 1.61. The molecule has 2 rings (SSSR count). The molecule has 0 aliphatic carbocycles. The quantitative estimate of drug-likeness (QED) is 0.592. The van der Waals surface area contributed by atoms with E-state index in [0.29, 0.717) is 5.75 Å². The Kier molecular flexibility index (Phi) is 6.16. The normalized spacial score (nSPS) is 8.25. The van der Waals surface area contributed by atoms with Crippen LogP contribution in [0.15, 0.2) is 54.6 Å². The van der Waals surface area contributed by atoms with E-state index in [-0.39, 0.29) is 17.0 Å². The fourth-order valence-corrected chi connectivity index (χ4v) is 0.881. The van der Waals surface area contributed by atoms with Crippen LogP contribution in [0, 0.1) is 0 Å². The number of phenols is 3. The van der Waals surface area contributed by atoms with Gasteiger partial charge in [0, 0.05) is 0 Å². The maximum atomic E-state index is 8.65. The van der Waals surface area contributed by atoms with Crippen molar-refractivity contribution in [2.24, 2.45) is 0 Å². The van der Waals surface area contributed by atoms with Crippen molar-refractivity contribution < 1.29 is 20.8 Å². The van der Waals surface area contributed by atoms with E-state index >= 15 is 0 Å². The molecule has 0 aromatic heterocycles. The number of hydrogen-bond acceptors (Lipinski definition) is 3. The Bertz CT molecular complexity index is 363. The van der Waals surface area contributed by atoms with E-state index in [2.05, 4.69) is 0 Å². The highest BCUT2D eigenvalue weighted by atomic mass is 16.3. The van der Waals surface area contributed by atoms with Gasteiger partial charge >= 0.3 is 0 Å². The van der Waals surface area contributed by atoms with Crippen LogP contribution in [0.1, 0.15) is 0 Å². The van der Waals surface area contributed by atoms with Crippen LogP contribution in [-0.2, 0) is 0 Å². The molecule has 0 bridgehead atoms. The van der Waals surface area contributed by atoms with Gasteiger partial charge in [-0.2, -0.15) is 0 Å². The highest BCUT2D eigenvalue weighted by molar-refractivity contribution is 5.28. The smallest absolute Gasteiger partial charge is 0.115 e. The predicted octanol–water partition coefficient (Wildman–Crippen LogP) is 1.67. The van der Waals surface area contributed by atoms with Crippen LogP contribution in [0.3, 0.4) is 0 Å². The SMILES string of the molecule is O.Oc1ccc(O)cc1.Oc1ccccc1. The van der Waals surface area contributed by atoms with E-state index in [9.17, 15) is 0 Å². The summed E-state index contributed by atoms with van der Waals surface area (Å²) in [6.45, 7) is 0. The minimum Gasteiger partial charge on any atom is -0.508 e. The summed E-state index contributed by atoms with van der Waals surface area (Å²) in [5, 5.41) is 25.9. The summed E-state index contributed by atoms with van der Waals surface area (Å²) in [6, 6.07) is 14.4. The number of aromatic hydroxyl groups is 3. The van der Waals surface area contributed by atoms with Crippen LogP contribution < -0.4 is 0 Å². The Morgan fingerprint density at radius 2 is 0.812 bits per heavy atom. The Hall–Kier alpha value is -2.20. The predicted molar refractivity (Wildman–Crippen MR) is 61.5 cm³/mol. The monoisotopic (exact) mass is 222 g/mol. The molecule has 16 heavy (non-hydrogen) atoms. The number of phenolic OH excluding ortho intramolecular Hbond substituents is 3. The van der Waals surface area contributed by atoms with Gasteiger partial charge in [-0.1, -0.05) is 18.2 Å². The van der Waals surface area contributed by atoms with Crippen molar-refractivity contribution in [1.29, 1.82) is 0 Å². The minimum atomic E-state index is 0. The molecule has 0 aliphatic rings. The van der Waals surface area contributed by atoms with Crippen LogP contribution in [0.2, 0.25) is 0 Å². The van der Waals surface area contributed by atoms with Crippen molar-refractivity contribution >= 4 is 0 Å². The van der Waals surface area contributed by atoms with Crippen LogP contribution in [0.5, 0.6) is 17.2 Å². The third kappa shape index (κ3) is 5.51. The average Bonchev–Trinajstić information content (AvgIpc) is 2.25. The number of hydrogen-bond donors (Lipinski definition) is 3. The van der Waals surface area contributed by atoms with Crippen molar-refractivity contribution in [2.45, 2.75) is 0 Å². The number of para-hydroxylation sites is 1. The molecule has 0 spiro atoms. The van der Waals surface area contributed by atoms with E-state index in [1.807, 2.05) is 6.07 Å². The summed E-state index contributed by atoms with van der Waals surface area (Å²) in [5.74, 6) is 0.660. The van der Waals surface area contributed by atoms with Crippen LogP contribution >= 0.6 is 0 Å². The topological polar surface area (TPSA) is 92.2 Å². The first-order valence-corrected chi connectivity index (χ1v) is 4.40. The molecule has 86 valence electrons. The van der Waals surface area contributed by atoms with E-state index in [1.54, 1.807) is 24.3 Å². The standard InChI is InChI=1S/C6H6O2.C6H6O.H2O/c7-5-1-2-6(8)4-3-5;7-6-4-2-1-3-5-6;/h1-4,7-8H;1-5,7H;1H2. The van der Waals surface area contributed by atoms with Gasteiger partial charge in [-0.3, -0.25) is 0 Å². The Balaban J connectivity index is 0.000000267. The average molecular weight is 222 g/mol. The van der Waals surface area contributed by atoms with Crippen LogP contribution in [-0.4, -0.2) is 20.8 Å². The van der Waals surface area contributed by atoms with Crippen molar-refractivity contribution in [2.75, 3.05) is 0 Å². The largest absolute Gasteiger partial charge is 0.508 e. The second kappa shape index (κ2) is 7.14. The molecule has 4 nitrogen and oxygen atoms in total. The molecule has 2 aromatic carbocycles. The van der Waals surface area contributed by atoms with Crippen molar-refractivity contribution in [1.82, 2.24) is 0 Å². The van der Waals surface area contributed by atoms with Gasteiger partial charge < -0.3 is 20.8 Å². The van der Waals surface area contributed by atoms with Gasteiger partial charge in [0.1, 0.15) is 17.2 Å². The van der Waals surface area contributed by atoms with Gasteiger partial charge in [-0.05, 0) is 36.4 Å². The van der Waals surface area contributed by atoms with E-state index in [1.165, 1.54) is 24.3 Å². The first kappa shape index (κ1) is 13.8. The molecule has 0 saturated heterocycles. The molecule has 0 unspecified atom stereocenters. The Labute approximate surface area is 93.4 Å². The molecule has 0 atom stereocenters. The van der Waals surface area contributed by atoms with Crippen molar-refractivity contribution in [3.05, 3.63) is 54.6 Å². The third-order valence-corrected chi connectivity index (χ3v) is 1.61. The molecular formula is C12H14O4. The molecule has 2 aromatic rings. The summed E-state index contributed by atoms with van der Waals surface area (Å²) in [7, 11) is 0. The zero-order chi connectivity index (χ0) is 11.1. The minimum absolute atomic E-state index is 0. The molecule has 5 N–H and O–H groups in total. The summed E-state index contributed by atoms with van der Waals surface area (Å²) in [6.07, 6.45) is 0. The number of rotatable bonds is 0. The van der Waals surface area contributed by atoms with Gasteiger partial charge in [-0.15, -0.1) is 0 Å². The lowest BCUT2D eigenvalue weighted by Gasteiger charge is -1.88. The van der Waals surface area contributed by atoms with Gasteiger partial charge in [-0.25, -0.2) is 0 Å². The van der Waals surface area contributed by atoms with Crippen molar-refractivity contribution in [3.8, 4) is 17.2 Å². The summed E-state index contributed by atoms with van der Waals surface area (Å²) >= 11 is 0. The van der Waals surface area contributed by atoms with E-state index in [0.717, 1.165) is 0 Å². The fraction of sp³-hybridized carbons (Fsp3) is 0. The highest BCUT2D eigenvalue weighted by Gasteiger charge is 1.84. The molecular weight excluding hydrogens is 208 g/mol. The van der Waals surface area contributed by atoms with E-state index in [4.69, 9.17) is 15.3 Å². The molecule has 0 aliphatic heterocycles. The summed E-state index contributed by atoms with van der Waals surface area (Å²) in [4.78, 5) is 0. The Morgan fingerprint density at radius 1 is 0.500 bits per heavy atom. The molecule has 0 amide bonds. The van der Waals surface area contributed by atoms with Gasteiger partial charge in [0.15, 0.2) is 0 Å². The molecule has 0 saturated carbocycles. The molecule has 0 heterocycles. The van der Waals surface area contributed by atoms with Gasteiger partial charge in [0.25, 0.3) is 0 Å². The lowest BCUT2D eigenvalue weighted by atomic mass is 10.3. The molecule has 4 heteroatoms. The molecule has 0 radical (unpaired) electrons. The maximum Gasteiger partial charge on any atom is 0.115 e. The zero-order valence-electron chi connectivity index (χ0n) is 8.54. The zero-order valence-corrected chi connectivity index (χ0v) is 8.54. The summed E-state index contributed by atoms with van der Waals surface area (Å²) < 4.78 is 0. The lowest BCUT2D eigenvalue weighted by molar-refractivity contribution is 0.460. The van der Waals surface area contributed by atoms with Crippen LogP contribution in [0.25, 0.3) is 0 Å². The maximum absolute atomic E-state index is 8.65. The second-order valence-corrected chi connectivity index (χ2v) is 2.85. The first-order valence-electron chi connectivity index (χ1n) is 4.40. The van der Waals surface area contributed by atoms with Gasteiger partial charge in [0.2, 0.25) is 0 Å². The van der Waals surface area contributed by atoms with Crippen molar-refractivity contribution in [3.63, 3.8) is 0 Å². The number of benzene rings is 2. The Morgan fingerprint density at radius 3 is 1.06 bits per heavy atom. The fourth-order valence-electron chi connectivity index (χ4n) is 0.881.